The van der Waals surface area contributed by atoms with Gasteiger partial charge in [0, 0.05) is 10.8 Å². The third kappa shape index (κ3) is 3.36. The van der Waals surface area contributed by atoms with E-state index in [4.69, 9.17) is 8.92 Å². The van der Waals surface area contributed by atoms with Gasteiger partial charge in [0.15, 0.2) is 0 Å². The van der Waals surface area contributed by atoms with Crippen molar-refractivity contribution < 1.29 is 17.3 Å². The molecule has 0 heterocycles. The predicted molar refractivity (Wildman–Crippen MR) is 94.0 cm³/mol. The van der Waals surface area contributed by atoms with Gasteiger partial charge < -0.3 is 8.92 Å². The monoisotopic (exact) mass is 342 g/mol. The van der Waals surface area contributed by atoms with Crippen LogP contribution in [0.2, 0.25) is 0 Å². The molecule has 0 aromatic heterocycles. The normalized spacial score (nSPS) is 11.4. The second-order valence-corrected chi connectivity index (χ2v) is 6.82. The lowest BCUT2D eigenvalue weighted by Gasteiger charge is -2.13. The molecule has 5 heteroatoms. The van der Waals surface area contributed by atoms with Crippen molar-refractivity contribution in [3.05, 3.63) is 66.7 Å². The fourth-order valence-electron chi connectivity index (χ4n) is 2.45. The Hall–Kier alpha value is -2.53. The second-order valence-electron chi connectivity index (χ2n) is 5.31. The molecule has 4 nitrogen and oxygen atoms in total. The molecule has 0 fully saturated rings. The van der Waals surface area contributed by atoms with Gasteiger partial charge in [0.25, 0.3) is 0 Å². The first-order valence-electron chi connectivity index (χ1n) is 7.76. The van der Waals surface area contributed by atoms with Crippen LogP contribution in [0.3, 0.4) is 0 Å². The van der Waals surface area contributed by atoms with Crippen LogP contribution in [0.4, 0.5) is 0 Å². The number of fused-ring (bicyclic) bond motifs is 1. The number of rotatable bonds is 6. The Balaban J connectivity index is 2.06. The van der Waals surface area contributed by atoms with Gasteiger partial charge in [-0.25, -0.2) is 0 Å². The molecule has 0 spiro atoms. The molecular formula is C19H18O4S. The molecule has 0 bridgehead atoms. The summed E-state index contributed by atoms with van der Waals surface area (Å²) in [6, 6.07) is 19.0. The van der Waals surface area contributed by atoms with Crippen LogP contribution in [0.1, 0.15) is 13.3 Å². The molecule has 124 valence electrons. The molecule has 0 saturated carbocycles. The Morgan fingerprint density at radius 3 is 2.21 bits per heavy atom. The number of hydrogen-bond acceptors (Lipinski definition) is 4. The van der Waals surface area contributed by atoms with Crippen LogP contribution in [0.25, 0.3) is 10.8 Å². The average molecular weight is 342 g/mol. The molecule has 0 radical (unpaired) electrons. The van der Waals surface area contributed by atoms with Gasteiger partial charge in [0.2, 0.25) is 0 Å². The highest BCUT2D eigenvalue weighted by atomic mass is 32.2. The van der Waals surface area contributed by atoms with Gasteiger partial charge >= 0.3 is 10.1 Å². The first-order chi connectivity index (χ1) is 11.6. The summed E-state index contributed by atoms with van der Waals surface area (Å²) in [6.07, 6.45) is 0.880. The van der Waals surface area contributed by atoms with Gasteiger partial charge in [-0.2, -0.15) is 8.42 Å². The Labute approximate surface area is 141 Å². The summed E-state index contributed by atoms with van der Waals surface area (Å²) < 4.78 is 36.3. The first-order valence-corrected chi connectivity index (χ1v) is 9.17. The zero-order valence-electron chi connectivity index (χ0n) is 13.3. The minimum atomic E-state index is -3.93. The van der Waals surface area contributed by atoms with Crippen molar-refractivity contribution in [3.8, 4) is 11.5 Å². The van der Waals surface area contributed by atoms with Crippen molar-refractivity contribution in [2.24, 2.45) is 0 Å². The molecule has 3 aromatic carbocycles. The SMILES string of the molecule is CCCOc1ccc(S(=O)(=O)Oc2ccccc2)c2ccccc12. The molecule has 3 rings (SSSR count). The van der Waals surface area contributed by atoms with Crippen LogP contribution in [-0.2, 0) is 10.1 Å². The molecule has 0 N–H and O–H groups in total. The Morgan fingerprint density at radius 2 is 1.50 bits per heavy atom. The first kappa shape index (κ1) is 16.3. The number of ether oxygens (including phenoxy) is 1. The van der Waals surface area contributed by atoms with Crippen molar-refractivity contribution in [1.29, 1.82) is 0 Å². The van der Waals surface area contributed by atoms with Crippen LogP contribution in [0.5, 0.6) is 11.5 Å². The van der Waals surface area contributed by atoms with E-state index < -0.39 is 10.1 Å². The van der Waals surface area contributed by atoms with Crippen molar-refractivity contribution in [1.82, 2.24) is 0 Å². The topological polar surface area (TPSA) is 52.6 Å². The molecule has 24 heavy (non-hydrogen) atoms. The van der Waals surface area contributed by atoms with Crippen LogP contribution < -0.4 is 8.92 Å². The third-order valence-corrected chi connectivity index (χ3v) is 4.83. The van der Waals surface area contributed by atoms with E-state index in [2.05, 4.69) is 0 Å². The number of hydrogen-bond donors (Lipinski definition) is 0. The van der Waals surface area contributed by atoms with E-state index in [0.29, 0.717) is 17.7 Å². The predicted octanol–water partition coefficient (Wildman–Crippen LogP) is 4.40. The highest BCUT2D eigenvalue weighted by Gasteiger charge is 2.21. The average Bonchev–Trinajstić information content (AvgIpc) is 2.60. The van der Waals surface area contributed by atoms with E-state index in [1.807, 2.05) is 19.1 Å². The minimum Gasteiger partial charge on any atom is -0.493 e. The van der Waals surface area contributed by atoms with E-state index in [-0.39, 0.29) is 10.6 Å². The van der Waals surface area contributed by atoms with Gasteiger partial charge in [-0.1, -0.05) is 49.4 Å². The van der Waals surface area contributed by atoms with E-state index in [9.17, 15) is 8.42 Å². The zero-order chi connectivity index (χ0) is 17.0. The summed E-state index contributed by atoms with van der Waals surface area (Å²) in [4.78, 5) is 0.130. The maximum Gasteiger partial charge on any atom is 0.339 e. The minimum absolute atomic E-state index is 0.130. The van der Waals surface area contributed by atoms with Crippen LogP contribution >= 0.6 is 0 Å². The van der Waals surface area contributed by atoms with Crippen molar-refractivity contribution in [3.63, 3.8) is 0 Å². The van der Waals surface area contributed by atoms with E-state index in [1.54, 1.807) is 48.5 Å². The Morgan fingerprint density at radius 1 is 0.833 bits per heavy atom. The fourth-order valence-corrected chi connectivity index (χ4v) is 3.58. The van der Waals surface area contributed by atoms with Crippen LogP contribution in [0.15, 0.2) is 71.6 Å². The third-order valence-electron chi connectivity index (χ3n) is 3.52. The van der Waals surface area contributed by atoms with Crippen LogP contribution in [-0.4, -0.2) is 15.0 Å². The summed E-state index contributed by atoms with van der Waals surface area (Å²) >= 11 is 0. The van der Waals surface area contributed by atoms with Gasteiger partial charge in [-0.15, -0.1) is 0 Å². The van der Waals surface area contributed by atoms with E-state index >= 15 is 0 Å². The Bertz CT molecular complexity index is 934. The smallest absolute Gasteiger partial charge is 0.339 e. The lowest BCUT2D eigenvalue weighted by atomic mass is 10.1. The maximum atomic E-state index is 12.7. The highest BCUT2D eigenvalue weighted by molar-refractivity contribution is 7.87. The quantitative estimate of drug-likeness (QED) is 0.623. The van der Waals surface area contributed by atoms with Gasteiger partial charge in [0.1, 0.15) is 16.4 Å². The van der Waals surface area contributed by atoms with Crippen molar-refractivity contribution in [2.45, 2.75) is 18.2 Å². The largest absolute Gasteiger partial charge is 0.493 e. The molecule has 0 atom stereocenters. The molecule has 0 aliphatic rings. The zero-order valence-corrected chi connectivity index (χ0v) is 14.1. The maximum absolute atomic E-state index is 12.7. The summed E-state index contributed by atoms with van der Waals surface area (Å²) in [6.45, 7) is 2.60. The lowest BCUT2D eigenvalue weighted by Crippen LogP contribution is -2.10. The van der Waals surface area contributed by atoms with Gasteiger partial charge in [0.05, 0.1) is 6.61 Å². The van der Waals surface area contributed by atoms with Crippen molar-refractivity contribution >= 4 is 20.9 Å². The summed E-state index contributed by atoms with van der Waals surface area (Å²) in [5.41, 5.74) is 0. The molecule has 0 saturated heterocycles. The molecule has 3 aromatic rings. The number of benzene rings is 3. The molecule has 0 unspecified atom stereocenters. The summed E-state index contributed by atoms with van der Waals surface area (Å²) in [5, 5.41) is 1.34. The lowest BCUT2D eigenvalue weighted by molar-refractivity contribution is 0.321. The van der Waals surface area contributed by atoms with Gasteiger partial charge in [-0.05, 0) is 30.7 Å². The van der Waals surface area contributed by atoms with Crippen molar-refractivity contribution in [2.75, 3.05) is 6.61 Å². The van der Waals surface area contributed by atoms with E-state index in [0.717, 1.165) is 11.8 Å². The summed E-state index contributed by atoms with van der Waals surface area (Å²) in [5.74, 6) is 0.957. The Kier molecular flexibility index (Phi) is 4.71. The molecular weight excluding hydrogens is 324 g/mol. The molecule has 0 aliphatic heterocycles. The second kappa shape index (κ2) is 6.93. The van der Waals surface area contributed by atoms with E-state index in [1.165, 1.54) is 6.07 Å². The van der Waals surface area contributed by atoms with Gasteiger partial charge in [-0.3, -0.25) is 0 Å². The number of para-hydroxylation sites is 1. The molecule has 0 amide bonds. The fraction of sp³-hybridized carbons (Fsp3) is 0.158. The summed E-state index contributed by atoms with van der Waals surface area (Å²) in [7, 11) is -3.93. The van der Waals surface area contributed by atoms with Crippen LogP contribution in [0, 0.1) is 0 Å². The highest BCUT2D eigenvalue weighted by Crippen LogP contribution is 2.32. The molecule has 0 aliphatic carbocycles. The standard InChI is InChI=1S/C19H18O4S/c1-2-14-22-18-12-13-19(17-11-7-6-10-16(17)18)24(20,21)23-15-8-4-3-5-9-15/h3-13H,2,14H2,1H3.